The Bertz CT molecular complexity index is 1100. The summed E-state index contributed by atoms with van der Waals surface area (Å²) in [4.78, 5) is 12.3. The predicted molar refractivity (Wildman–Crippen MR) is 112 cm³/mol. The van der Waals surface area contributed by atoms with Crippen LogP contribution < -0.4 is 10.1 Å². The number of aromatic nitrogens is 2. The Kier molecular flexibility index (Phi) is 5.42. The Hall–Kier alpha value is -3.80. The zero-order valence-electron chi connectivity index (χ0n) is 16.0. The Balaban J connectivity index is 1.35. The van der Waals surface area contributed by atoms with Crippen molar-refractivity contribution < 1.29 is 13.9 Å². The number of anilines is 1. The summed E-state index contributed by atoms with van der Waals surface area (Å²) >= 11 is 0. The van der Waals surface area contributed by atoms with E-state index in [9.17, 15) is 4.79 Å². The maximum absolute atomic E-state index is 12.3. The minimum atomic E-state index is -0.124. The molecule has 0 fully saturated rings. The normalized spacial score (nSPS) is 10.7. The summed E-state index contributed by atoms with van der Waals surface area (Å²) in [6.07, 6.45) is 0.820. The van der Waals surface area contributed by atoms with E-state index in [-0.39, 0.29) is 5.91 Å². The molecule has 1 amide bonds. The number of ether oxygens (including phenoxy) is 1. The molecule has 0 aliphatic carbocycles. The van der Waals surface area contributed by atoms with Crippen LogP contribution in [0.5, 0.6) is 5.75 Å². The number of rotatable bonds is 7. The van der Waals surface area contributed by atoms with Crippen molar-refractivity contribution >= 4 is 11.7 Å². The fourth-order valence-electron chi connectivity index (χ4n) is 3.10. The number of aromatic amines is 1. The number of benzene rings is 2. The van der Waals surface area contributed by atoms with Gasteiger partial charge in [0.25, 0.3) is 0 Å². The van der Waals surface area contributed by atoms with Crippen LogP contribution in [0.15, 0.2) is 77.2 Å². The summed E-state index contributed by atoms with van der Waals surface area (Å²) in [5.41, 5.74) is 2.67. The molecule has 2 aromatic carbocycles. The van der Waals surface area contributed by atoms with E-state index in [1.54, 1.807) is 13.2 Å². The number of para-hydroxylation sites is 1. The van der Waals surface area contributed by atoms with E-state index < -0.39 is 0 Å². The van der Waals surface area contributed by atoms with Gasteiger partial charge >= 0.3 is 0 Å². The molecule has 6 heteroatoms. The summed E-state index contributed by atoms with van der Waals surface area (Å²) in [6.45, 7) is 0. The molecular formula is C23H21N3O3. The number of amides is 1. The summed E-state index contributed by atoms with van der Waals surface area (Å²) in [7, 11) is 1.62. The molecular weight excluding hydrogens is 366 g/mol. The van der Waals surface area contributed by atoms with Crippen LogP contribution in [0.2, 0.25) is 0 Å². The lowest BCUT2D eigenvalue weighted by Crippen LogP contribution is -2.12. The number of carbonyl (C=O) groups is 1. The van der Waals surface area contributed by atoms with Crippen LogP contribution in [-0.2, 0) is 11.2 Å². The van der Waals surface area contributed by atoms with E-state index in [0.717, 1.165) is 34.1 Å². The minimum Gasteiger partial charge on any atom is -0.496 e. The number of methoxy groups -OCH3 is 1. The standard InChI is InChI=1S/C23H21N3O3/c1-28-21-10-6-5-9-18(21)19-15-22(26-25-19)24-23(27)14-12-17-11-13-20(29-17)16-7-3-2-4-8-16/h2-11,13,15H,12,14H2,1H3,(H2,24,25,26,27). The number of hydrogen-bond donors (Lipinski definition) is 2. The topological polar surface area (TPSA) is 80.2 Å². The summed E-state index contributed by atoms with van der Waals surface area (Å²) in [6, 6.07) is 23.1. The molecule has 4 rings (SSSR count). The number of hydrogen-bond acceptors (Lipinski definition) is 4. The smallest absolute Gasteiger partial charge is 0.226 e. The molecule has 0 atom stereocenters. The fraction of sp³-hybridized carbons (Fsp3) is 0.130. The van der Waals surface area contributed by atoms with E-state index in [2.05, 4.69) is 15.5 Å². The Labute approximate surface area is 168 Å². The van der Waals surface area contributed by atoms with E-state index in [1.165, 1.54) is 0 Å². The Morgan fingerprint density at radius 3 is 2.69 bits per heavy atom. The molecule has 2 aromatic heterocycles. The van der Waals surface area contributed by atoms with Crippen LogP contribution in [-0.4, -0.2) is 23.2 Å². The van der Waals surface area contributed by atoms with Crippen LogP contribution in [0.3, 0.4) is 0 Å². The summed E-state index contributed by atoms with van der Waals surface area (Å²) < 4.78 is 11.2. The molecule has 0 aliphatic rings. The third-order valence-electron chi connectivity index (χ3n) is 4.56. The highest BCUT2D eigenvalue weighted by molar-refractivity contribution is 5.90. The predicted octanol–water partition coefficient (Wildman–Crippen LogP) is 4.92. The van der Waals surface area contributed by atoms with Gasteiger partial charge in [0.05, 0.1) is 12.8 Å². The quantitative estimate of drug-likeness (QED) is 0.472. The highest BCUT2D eigenvalue weighted by atomic mass is 16.5. The van der Waals surface area contributed by atoms with Gasteiger partial charge in [-0.1, -0.05) is 42.5 Å². The number of aryl methyl sites for hydroxylation is 1. The first kappa shape index (κ1) is 18.6. The number of nitrogens with one attached hydrogen (secondary N) is 2. The van der Waals surface area contributed by atoms with Gasteiger partial charge in [0, 0.05) is 30.0 Å². The van der Waals surface area contributed by atoms with E-state index in [4.69, 9.17) is 9.15 Å². The van der Waals surface area contributed by atoms with Gasteiger partial charge < -0.3 is 14.5 Å². The number of H-pyrrole nitrogens is 1. The zero-order valence-corrected chi connectivity index (χ0v) is 16.0. The third-order valence-corrected chi connectivity index (χ3v) is 4.56. The molecule has 6 nitrogen and oxygen atoms in total. The molecule has 146 valence electrons. The van der Waals surface area contributed by atoms with Crippen molar-refractivity contribution in [1.29, 1.82) is 0 Å². The van der Waals surface area contributed by atoms with Gasteiger partial charge in [0.2, 0.25) is 5.91 Å². The van der Waals surface area contributed by atoms with Gasteiger partial charge in [-0.2, -0.15) is 5.10 Å². The van der Waals surface area contributed by atoms with Crippen LogP contribution in [0.25, 0.3) is 22.6 Å². The van der Waals surface area contributed by atoms with Crippen molar-refractivity contribution in [3.05, 3.63) is 78.6 Å². The van der Waals surface area contributed by atoms with Gasteiger partial charge in [-0.15, -0.1) is 0 Å². The molecule has 0 radical (unpaired) electrons. The van der Waals surface area contributed by atoms with Gasteiger partial charge in [0.15, 0.2) is 5.82 Å². The van der Waals surface area contributed by atoms with Crippen molar-refractivity contribution in [1.82, 2.24) is 10.2 Å². The van der Waals surface area contributed by atoms with Gasteiger partial charge in [-0.3, -0.25) is 9.89 Å². The summed E-state index contributed by atoms with van der Waals surface area (Å²) in [5.74, 6) is 2.66. The second-order valence-corrected chi connectivity index (χ2v) is 6.55. The molecule has 2 N–H and O–H groups in total. The number of carbonyl (C=O) groups excluding carboxylic acids is 1. The highest BCUT2D eigenvalue weighted by Gasteiger charge is 2.12. The van der Waals surface area contributed by atoms with Crippen molar-refractivity contribution in [3.8, 4) is 28.3 Å². The van der Waals surface area contributed by atoms with E-state index in [1.807, 2.05) is 66.7 Å². The molecule has 4 aromatic rings. The van der Waals surface area contributed by atoms with Crippen LogP contribution in [0.4, 0.5) is 5.82 Å². The fourth-order valence-corrected chi connectivity index (χ4v) is 3.10. The van der Waals surface area contributed by atoms with Crippen molar-refractivity contribution in [2.24, 2.45) is 0 Å². The maximum Gasteiger partial charge on any atom is 0.226 e. The molecule has 0 aliphatic heterocycles. The minimum absolute atomic E-state index is 0.124. The van der Waals surface area contributed by atoms with Gasteiger partial charge in [-0.25, -0.2) is 0 Å². The SMILES string of the molecule is COc1ccccc1-c1cc(NC(=O)CCc2ccc(-c3ccccc3)o2)n[nH]1. The van der Waals surface area contributed by atoms with Gasteiger partial charge in [0.1, 0.15) is 17.3 Å². The first-order chi connectivity index (χ1) is 14.2. The molecule has 2 heterocycles. The zero-order chi connectivity index (χ0) is 20.1. The van der Waals surface area contributed by atoms with Crippen LogP contribution >= 0.6 is 0 Å². The van der Waals surface area contributed by atoms with E-state index in [0.29, 0.717) is 18.7 Å². The van der Waals surface area contributed by atoms with Gasteiger partial charge in [-0.05, 0) is 24.3 Å². The second kappa shape index (κ2) is 8.48. The Morgan fingerprint density at radius 2 is 1.86 bits per heavy atom. The van der Waals surface area contributed by atoms with Crippen LogP contribution in [0.1, 0.15) is 12.2 Å². The lowest BCUT2D eigenvalue weighted by atomic mass is 10.1. The molecule has 0 spiro atoms. The largest absolute Gasteiger partial charge is 0.496 e. The van der Waals surface area contributed by atoms with Crippen molar-refractivity contribution in [2.45, 2.75) is 12.8 Å². The lowest BCUT2D eigenvalue weighted by Gasteiger charge is -2.05. The highest BCUT2D eigenvalue weighted by Crippen LogP contribution is 2.29. The first-order valence-corrected chi connectivity index (χ1v) is 9.36. The molecule has 0 saturated carbocycles. The first-order valence-electron chi connectivity index (χ1n) is 9.36. The van der Waals surface area contributed by atoms with Crippen molar-refractivity contribution in [2.75, 3.05) is 12.4 Å². The molecule has 0 saturated heterocycles. The third kappa shape index (κ3) is 4.38. The lowest BCUT2D eigenvalue weighted by molar-refractivity contribution is -0.116. The van der Waals surface area contributed by atoms with E-state index >= 15 is 0 Å². The average Bonchev–Trinajstić information content (AvgIpc) is 3.43. The second-order valence-electron chi connectivity index (χ2n) is 6.55. The average molecular weight is 387 g/mol. The Morgan fingerprint density at radius 1 is 1.07 bits per heavy atom. The number of furan rings is 1. The molecule has 0 bridgehead atoms. The number of nitrogens with zero attached hydrogens (tertiary/aromatic N) is 1. The molecule has 0 unspecified atom stereocenters. The maximum atomic E-state index is 12.3. The monoisotopic (exact) mass is 387 g/mol. The van der Waals surface area contributed by atoms with Crippen LogP contribution in [0, 0.1) is 0 Å². The molecule has 29 heavy (non-hydrogen) atoms. The summed E-state index contributed by atoms with van der Waals surface area (Å²) in [5, 5.41) is 9.92. The van der Waals surface area contributed by atoms with Crippen molar-refractivity contribution in [3.63, 3.8) is 0 Å².